The summed E-state index contributed by atoms with van der Waals surface area (Å²) in [4.78, 5) is 17.2. The van der Waals surface area contributed by atoms with Crippen LogP contribution >= 0.6 is 0 Å². The van der Waals surface area contributed by atoms with E-state index in [1.165, 1.54) is 4.90 Å². The fraction of sp³-hybridized carbons (Fsp3) is 0.211. The van der Waals surface area contributed by atoms with Gasteiger partial charge in [0.15, 0.2) is 0 Å². The van der Waals surface area contributed by atoms with Gasteiger partial charge >= 0.3 is 6.18 Å². The lowest BCUT2D eigenvalue weighted by Crippen LogP contribution is -2.28. The maximum atomic E-state index is 13.3. The summed E-state index contributed by atoms with van der Waals surface area (Å²) in [7, 11) is 0. The molecular formula is C19H16F3N5O. The third-order valence-electron chi connectivity index (χ3n) is 4.63. The Kier molecular flexibility index (Phi) is 4.50. The first-order valence-corrected chi connectivity index (χ1v) is 8.56. The Balaban J connectivity index is 1.55. The van der Waals surface area contributed by atoms with Crippen LogP contribution in [0.25, 0.3) is 0 Å². The molecule has 3 aromatic rings. The van der Waals surface area contributed by atoms with Crippen LogP contribution < -0.4 is 15.8 Å². The third kappa shape index (κ3) is 3.55. The van der Waals surface area contributed by atoms with Crippen LogP contribution in [0.3, 0.4) is 0 Å². The summed E-state index contributed by atoms with van der Waals surface area (Å²) < 4.78 is 40.0. The molecule has 0 bridgehead atoms. The predicted octanol–water partition coefficient (Wildman–Crippen LogP) is 3.32. The molecule has 144 valence electrons. The molecule has 1 aliphatic rings. The van der Waals surface area contributed by atoms with E-state index in [0.717, 1.165) is 28.6 Å². The molecule has 4 rings (SSSR count). The fourth-order valence-electron chi connectivity index (χ4n) is 3.30. The van der Waals surface area contributed by atoms with Gasteiger partial charge < -0.3 is 10.2 Å². The first kappa shape index (κ1) is 18.0. The molecule has 6 nitrogen and oxygen atoms in total. The van der Waals surface area contributed by atoms with Crippen molar-refractivity contribution in [1.82, 2.24) is 15.2 Å². The smallest absolute Gasteiger partial charge is 0.381 e. The highest BCUT2D eigenvalue weighted by Gasteiger charge is 2.39. The van der Waals surface area contributed by atoms with Crippen molar-refractivity contribution in [1.29, 1.82) is 0 Å². The van der Waals surface area contributed by atoms with E-state index in [1.807, 2.05) is 35.4 Å². The molecule has 0 fully saturated rings. The summed E-state index contributed by atoms with van der Waals surface area (Å²) in [6, 6.07) is 9.53. The van der Waals surface area contributed by atoms with Crippen LogP contribution in [-0.2, 0) is 25.8 Å². The Labute approximate surface area is 158 Å². The molecule has 0 atom stereocenters. The first-order chi connectivity index (χ1) is 13.4. The second kappa shape index (κ2) is 6.99. The van der Waals surface area contributed by atoms with Crippen LogP contribution in [0.2, 0.25) is 0 Å². The quantitative estimate of drug-likeness (QED) is 0.719. The number of anilines is 2. The first-order valence-electron chi connectivity index (χ1n) is 8.56. The lowest BCUT2D eigenvalue weighted by atomic mass is 10.1. The van der Waals surface area contributed by atoms with Crippen molar-refractivity contribution in [2.24, 2.45) is 0 Å². The van der Waals surface area contributed by atoms with Crippen molar-refractivity contribution in [3.8, 4) is 0 Å². The molecule has 0 saturated heterocycles. The van der Waals surface area contributed by atoms with Crippen LogP contribution in [0.1, 0.15) is 22.3 Å². The number of halogens is 3. The minimum absolute atomic E-state index is 0.205. The van der Waals surface area contributed by atoms with Gasteiger partial charge in [0.1, 0.15) is 5.56 Å². The second-order valence-corrected chi connectivity index (χ2v) is 6.51. The zero-order chi connectivity index (χ0) is 19.7. The van der Waals surface area contributed by atoms with Crippen LogP contribution in [0.5, 0.6) is 0 Å². The van der Waals surface area contributed by atoms with Crippen molar-refractivity contribution in [2.75, 3.05) is 10.2 Å². The molecule has 3 heterocycles. The normalized spacial score (nSPS) is 13.5. The Bertz CT molecular complexity index is 1050. The van der Waals surface area contributed by atoms with Crippen molar-refractivity contribution < 1.29 is 13.2 Å². The van der Waals surface area contributed by atoms with Gasteiger partial charge in [0.05, 0.1) is 11.9 Å². The van der Waals surface area contributed by atoms with E-state index in [0.29, 0.717) is 13.1 Å². The lowest BCUT2D eigenvalue weighted by Gasteiger charge is -2.21. The molecule has 1 aromatic carbocycles. The van der Waals surface area contributed by atoms with Crippen molar-refractivity contribution >= 4 is 11.4 Å². The van der Waals surface area contributed by atoms with E-state index in [9.17, 15) is 18.0 Å². The van der Waals surface area contributed by atoms with Gasteiger partial charge in [-0.1, -0.05) is 18.2 Å². The number of H-pyrrole nitrogens is 1. The van der Waals surface area contributed by atoms with Crippen LogP contribution in [-0.4, -0.2) is 15.2 Å². The molecule has 0 aliphatic carbocycles. The highest BCUT2D eigenvalue weighted by molar-refractivity contribution is 5.56. The van der Waals surface area contributed by atoms with Gasteiger partial charge in [0.2, 0.25) is 0 Å². The summed E-state index contributed by atoms with van der Waals surface area (Å²) in [5.74, 6) is 0. The molecule has 9 heteroatoms. The molecule has 2 aromatic heterocycles. The number of alkyl halides is 3. The fourth-order valence-corrected chi connectivity index (χ4v) is 3.30. The number of pyridine rings is 1. The Hall–Kier alpha value is -3.36. The molecule has 0 unspecified atom stereocenters. The average Bonchev–Trinajstić information content (AvgIpc) is 3.09. The van der Waals surface area contributed by atoms with Gasteiger partial charge in [-0.2, -0.15) is 18.3 Å². The molecule has 0 saturated carbocycles. The van der Waals surface area contributed by atoms with Gasteiger partial charge in [-0.25, -0.2) is 5.10 Å². The summed E-state index contributed by atoms with van der Waals surface area (Å²) in [6.45, 7) is 1.16. The molecule has 0 amide bonds. The summed E-state index contributed by atoms with van der Waals surface area (Å²) in [6.07, 6.45) is -0.310. The number of aromatic amines is 1. The monoisotopic (exact) mass is 387 g/mol. The average molecular weight is 387 g/mol. The number of fused-ring (bicyclic) bond motifs is 1. The number of rotatable bonds is 4. The number of nitrogens with one attached hydrogen (secondary N) is 2. The second-order valence-electron chi connectivity index (χ2n) is 6.51. The SMILES string of the molecule is O=c1[nH]ncc(N2Cc3ccc(CNc4ccncc4)cc3C2)c1C(F)(F)F. The molecule has 0 spiro atoms. The maximum absolute atomic E-state index is 13.3. The Morgan fingerprint density at radius 2 is 1.86 bits per heavy atom. The number of hydrogen-bond acceptors (Lipinski definition) is 5. The number of nitrogens with zero attached hydrogens (tertiary/aromatic N) is 3. The number of aromatic nitrogens is 3. The third-order valence-corrected chi connectivity index (χ3v) is 4.63. The molecular weight excluding hydrogens is 371 g/mol. The van der Waals surface area contributed by atoms with E-state index >= 15 is 0 Å². The van der Waals surface area contributed by atoms with E-state index < -0.39 is 17.3 Å². The number of benzene rings is 1. The minimum Gasteiger partial charge on any atom is -0.381 e. The van der Waals surface area contributed by atoms with Crippen LogP contribution in [0.15, 0.2) is 53.7 Å². The highest BCUT2D eigenvalue weighted by atomic mass is 19.4. The van der Waals surface area contributed by atoms with E-state index in [2.05, 4.69) is 15.4 Å². The molecule has 28 heavy (non-hydrogen) atoms. The summed E-state index contributed by atoms with van der Waals surface area (Å²) >= 11 is 0. The van der Waals surface area contributed by atoms with Crippen LogP contribution in [0, 0.1) is 0 Å². The van der Waals surface area contributed by atoms with E-state index in [4.69, 9.17) is 0 Å². The Morgan fingerprint density at radius 1 is 1.11 bits per heavy atom. The highest BCUT2D eigenvalue weighted by Crippen LogP contribution is 2.37. The molecule has 2 N–H and O–H groups in total. The Morgan fingerprint density at radius 3 is 2.61 bits per heavy atom. The van der Waals surface area contributed by atoms with Gasteiger partial charge in [-0.3, -0.25) is 9.78 Å². The summed E-state index contributed by atoms with van der Waals surface area (Å²) in [5, 5.41) is 8.69. The number of hydrogen-bond donors (Lipinski definition) is 2. The van der Waals surface area contributed by atoms with Gasteiger partial charge in [0, 0.05) is 37.7 Å². The largest absolute Gasteiger partial charge is 0.423 e. The van der Waals surface area contributed by atoms with E-state index in [1.54, 1.807) is 12.4 Å². The molecule has 1 aliphatic heterocycles. The zero-order valence-electron chi connectivity index (χ0n) is 14.6. The van der Waals surface area contributed by atoms with E-state index in [-0.39, 0.29) is 12.2 Å². The summed E-state index contributed by atoms with van der Waals surface area (Å²) in [5.41, 5.74) is 1.16. The predicted molar refractivity (Wildman–Crippen MR) is 97.8 cm³/mol. The van der Waals surface area contributed by atoms with Crippen molar-refractivity contribution in [3.63, 3.8) is 0 Å². The standard InChI is InChI=1S/C19H16F3N5O/c20-19(21,22)17-16(9-25-26-18(17)28)27-10-13-2-1-12(7-14(13)11-27)8-24-15-3-5-23-6-4-15/h1-7,9H,8,10-11H2,(H,23,24)(H,26,28). The van der Waals surface area contributed by atoms with Crippen molar-refractivity contribution in [2.45, 2.75) is 25.8 Å². The van der Waals surface area contributed by atoms with Gasteiger partial charge in [-0.15, -0.1) is 0 Å². The van der Waals surface area contributed by atoms with Crippen LogP contribution in [0.4, 0.5) is 24.5 Å². The zero-order valence-corrected chi connectivity index (χ0v) is 14.6. The minimum atomic E-state index is -4.75. The van der Waals surface area contributed by atoms with Crippen molar-refractivity contribution in [3.05, 3.63) is 81.5 Å². The molecule has 0 radical (unpaired) electrons. The lowest BCUT2D eigenvalue weighted by molar-refractivity contribution is -0.138. The van der Waals surface area contributed by atoms with Gasteiger partial charge in [-0.05, 0) is 28.8 Å². The maximum Gasteiger partial charge on any atom is 0.423 e. The topological polar surface area (TPSA) is 73.9 Å². The van der Waals surface area contributed by atoms with Gasteiger partial charge in [0.25, 0.3) is 5.56 Å².